The molecule has 3 N–H and O–H groups in total. The van der Waals surface area contributed by atoms with Crippen LogP contribution in [0.1, 0.15) is 32.3 Å². The van der Waals surface area contributed by atoms with Gasteiger partial charge in [-0.25, -0.2) is 0 Å². The number of rotatable bonds is 6. The van der Waals surface area contributed by atoms with E-state index in [0.717, 1.165) is 6.42 Å². The zero-order valence-corrected chi connectivity index (χ0v) is 12.2. The van der Waals surface area contributed by atoms with E-state index in [-0.39, 0.29) is 18.2 Å². The lowest BCUT2D eigenvalue weighted by atomic mass is 9.99. The van der Waals surface area contributed by atoms with Crippen LogP contribution in [-0.4, -0.2) is 18.1 Å². The van der Waals surface area contributed by atoms with E-state index in [1.807, 2.05) is 13.8 Å². The Morgan fingerprint density at radius 2 is 2.05 bits per heavy atom. The van der Waals surface area contributed by atoms with Crippen LogP contribution in [0.5, 0.6) is 0 Å². The van der Waals surface area contributed by atoms with Crippen LogP contribution < -0.4 is 11.1 Å². The summed E-state index contributed by atoms with van der Waals surface area (Å²) in [6.07, 6.45) is -4.39. The van der Waals surface area contributed by atoms with Gasteiger partial charge in [0, 0.05) is 12.1 Å². The first-order valence-corrected chi connectivity index (χ1v) is 6.95. The Hall–Kier alpha value is -1.56. The first-order valence-electron chi connectivity index (χ1n) is 6.95. The average Bonchev–Trinajstić information content (AvgIpc) is 2.43. The number of nitrogens with one attached hydrogen (secondary N) is 1. The van der Waals surface area contributed by atoms with E-state index in [1.54, 1.807) is 24.3 Å². The largest absolute Gasteiger partial charge is 0.389 e. The van der Waals surface area contributed by atoms with Gasteiger partial charge in [-0.3, -0.25) is 4.79 Å². The fourth-order valence-corrected chi connectivity index (χ4v) is 1.83. The van der Waals surface area contributed by atoms with E-state index in [2.05, 4.69) is 5.32 Å². The fourth-order valence-electron chi connectivity index (χ4n) is 1.83. The van der Waals surface area contributed by atoms with Gasteiger partial charge in [0.1, 0.15) is 0 Å². The van der Waals surface area contributed by atoms with Crippen LogP contribution >= 0.6 is 0 Å². The van der Waals surface area contributed by atoms with Gasteiger partial charge in [-0.15, -0.1) is 0 Å². The van der Waals surface area contributed by atoms with Crippen molar-refractivity contribution in [3.63, 3.8) is 0 Å². The summed E-state index contributed by atoms with van der Waals surface area (Å²) < 4.78 is 36.6. The van der Waals surface area contributed by atoms with Crippen LogP contribution in [0.15, 0.2) is 24.3 Å². The van der Waals surface area contributed by atoms with Crippen LogP contribution in [0.2, 0.25) is 0 Å². The molecule has 0 heterocycles. The number of amides is 1. The summed E-state index contributed by atoms with van der Waals surface area (Å²) in [4.78, 5) is 11.9. The van der Waals surface area contributed by atoms with Crippen LogP contribution in [0.4, 0.5) is 18.9 Å². The lowest BCUT2D eigenvalue weighted by molar-refractivity contribution is -0.134. The number of hydrogen-bond donors (Lipinski definition) is 2. The molecule has 0 fully saturated rings. The summed E-state index contributed by atoms with van der Waals surface area (Å²) in [7, 11) is 0. The number of alkyl halides is 3. The first-order chi connectivity index (χ1) is 9.73. The minimum Gasteiger partial charge on any atom is -0.325 e. The Morgan fingerprint density at radius 3 is 2.62 bits per heavy atom. The molecule has 21 heavy (non-hydrogen) atoms. The Labute approximate surface area is 122 Å². The second-order valence-corrected chi connectivity index (χ2v) is 5.22. The molecule has 0 spiro atoms. The zero-order chi connectivity index (χ0) is 16.0. The lowest BCUT2D eigenvalue weighted by Crippen LogP contribution is -2.40. The van der Waals surface area contributed by atoms with Gasteiger partial charge >= 0.3 is 6.18 Å². The third-order valence-corrected chi connectivity index (χ3v) is 3.45. The van der Waals surface area contributed by atoms with E-state index in [1.165, 1.54) is 0 Å². The van der Waals surface area contributed by atoms with Crippen molar-refractivity contribution in [1.82, 2.24) is 0 Å². The van der Waals surface area contributed by atoms with Gasteiger partial charge in [0.15, 0.2) is 0 Å². The number of benzene rings is 1. The first kappa shape index (κ1) is 17.5. The summed E-state index contributed by atoms with van der Waals surface area (Å²) in [6, 6.07) is 5.78. The van der Waals surface area contributed by atoms with Crippen molar-refractivity contribution in [1.29, 1.82) is 0 Å². The average molecular weight is 302 g/mol. The third kappa shape index (κ3) is 6.16. The number of carbonyl (C=O) groups excluding carboxylic acids is 1. The molecule has 2 unspecified atom stereocenters. The van der Waals surface area contributed by atoms with E-state index < -0.39 is 18.6 Å². The number of anilines is 1. The molecule has 0 aliphatic heterocycles. The second-order valence-electron chi connectivity index (χ2n) is 5.22. The molecule has 0 radical (unpaired) electrons. The predicted molar refractivity (Wildman–Crippen MR) is 76.9 cm³/mol. The van der Waals surface area contributed by atoms with E-state index in [0.29, 0.717) is 11.3 Å². The van der Waals surface area contributed by atoms with Crippen LogP contribution in [0.3, 0.4) is 0 Å². The van der Waals surface area contributed by atoms with Crippen molar-refractivity contribution in [2.24, 2.45) is 11.7 Å². The monoisotopic (exact) mass is 302 g/mol. The normalized spacial score (nSPS) is 14.6. The van der Waals surface area contributed by atoms with Crippen molar-refractivity contribution < 1.29 is 18.0 Å². The number of aryl methyl sites for hydroxylation is 1. The molecule has 1 aromatic rings. The van der Waals surface area contributed by atoms with Gasteiger partial charge in [0.2, 0.25) is 5.91 Å². The molecule has 3 nitrogen and oxygen atoms in total. The molecule has 1 amide bonds. The Morgan fingerprint density at radius 1 is 1.38 bits per heavy atom. The van der Waals surface area contributed by atoms with Crippen molar-refractivity contribution in [3.05, 3.63) is 29.8 Å². The molecule has 0 saturated carbocycles. The lowest BCUT2D eigenvalue weighted by Gasteiger charge is -2.18. The molecule has 1 rings (SSSR count). The molecule has 2 atom stereocenters. The molecule has 0 aliphatic carbocycles. The SMILES string of the molecule is CCC(C)C(N)C(=O)Nc1cccc(CCC(F)(F)F)c1. The summed E-state index contributed by atoms with van der Waals surface area (Å²) in [5.74, 6) is -0.282. The fraction of sp³-hybridized carbons (Fsp3) is 0.533. The topological polar surface area (TPSA) is 55.1 Å². The Bertz CT molecular complexity index is 474. The quantitative estimate of drug-likeness (QED) is 0.845. The van der Waals surface area contributed by atoms with E-state index in [9.17, 15) is 18.0 Å². The summed E-state index contributed by atoms with van der Waals surface area (Å²) in [6.45, 7) is 3.82. The van der Waals surface area contributed by atoms with Crippen molar-refractivity contribution in [2.45, 2.75) is 45.3 Å². The minimum absolute atomic E-state index is 0.0402. The maximum atomic E-state index is 12.2. The number of nitrogens with two attached hydrogens (primary N) is 1. The van der Waals surface area contributed by atoms with E-state index >= 15 is 0 Å². The number of carbonyl (C=O) groups is 1. The molecule has 6 heteroatoms. The zero-order valence-electron chi connectivity index (χ0n) is 12.2. The molecule has 1 aromatic carbocycles. The van der Waals surface area contributed by atoms with Crippen LogP contribution in [0, 0.1) is 5.92 Å². The highest BCUT2D eigenvalue weighted by molar-refractivity contribution is 5.94. The van der Waals surface area contributed by atoms with Gasteiger partial charge in [-0.05, 0) is 30.0 Å². The molecule has 118 valence electrons. The molecule has 0 bridgehead atoms. The van der Waals surface area contributed by atoms with E-state index in [4.69, 9.17) is 5.73 Å². The summed E-state index contributed by atoms with van der Waals surface area (Å²) in [5, 5.41) is 2.65. The van der Waals surface area contributed by atoms with Crippen molar-refractivity contribution in [3.8, 4) is 0 Å². The van der Waals surface area contributed by atoms with Gasteiger partial charge in [-0.1, -0.05) is 32.4 Å². The Kier molecular flexibility index (Phi) is 6.20. The van der Waals surface area contributed by atoms with Crippen LogP contribution in [0.25, 0.3) is 0 Å². The molecule has 0 saturated heterocycles. The van der Waals surface area contributed by atoms with Crippen molar-refractivity contribution >= 4 is 11.6 Å². The third-order valence-electron chi connectivity index (χ3n) is 3.45. The number of halogens is 3. The highest BCUT2D eigenvalue weighted by atomic mass is 19.4. The second kappa shape index (κ2) is 7.45. The smallest absolute Gasteiger partial charge is 0.325 e. The van der Waals surface area contributed by atoms with Gasteiger partial charge in [0.05, 0.1) is 6.04 Å². The highest BCUT2D eigenvalue weighted by Crippen LogP contribution is 2.23. The summed E-state index contributed by atoms with van der Waals surface area (Å²) >= 11 is 0. The standard InChI is InChI=1S/C15H21F3N2O/c1-3-10(2)13(19)14(21)20-12-6-4-5-11(9-12)7-8-15(16,17)18/h4-6,9-10,13H,3,7-8,19H2,1-2H3,(H,20,21). The predicted octanol–water partition coefficient (Wildman–Crippen LogP) is 3.49. The van der Waals surface area contributed by atoms with Gasteiger partial charge in [-0.2, -0.15) is 13.2 Å². The van der Waals surface area contributed by atoms with Crippen molar-refractivity contribution in [2.75, 3.05) is 5.32 Å². The maximum absolute atomic E-state index is 12.2. The minimum atomic E-state index is -4.18. The maximum Gasteiger partial charge on any atom is 0.389 e. The van der Waals surface area contributed by atoms with Gasteiger partial charge < -0.3 is 11.1 Å². The number of hydrogen-bond acceptors (Lipinski definition) is 2. The van der Waals surface area contributed by atoms with Gasteiger partial charge in [0.25, 0.3) is 0 Å². The van der Waals surface area contributed by atoms with Crippen LogP contribution in [-0.2, 0) is 11.2 Å². The molecule has 0 aromatic heterocycles. The summed E-state index contributed by atoms with van der Waals surface area (Å²) in [5.41, 5.74) is 6.81. The Balaban J connectivity index is 2.66. The molecule has 0 aliphatic rings. The molecular formula is C15H21F3N2O. The molecular weight excluding hydrogens is 281 g/mol. The highest BCUT2D eigenvalue weighted by Gasteiger charge is 2.26.